The minimum absolute atomic E-state index is 0.0589. The number of nitrogens with one attached hydrogen (secondary N) is 1. The molecule has 0 aliphatic heterocycles. The molecule has 3 unspecified atom stereocenters. The lowest BCUT2D eigenvalue weighted by Crippen LogP contribution is -2.33. The number of amides is 1. The number of carbonyl (C=O) groups excluding carboxylic acids is 1. The zero-order valence-corrected chi connectivity index (χ0v) is 10.2. The first-order valence-electron chi connectivity index (χ1n) is 6.07. The fourth-order valence-electron chi connectivity index (χ4n) is 2.23. The maximum atomic E-state index is 11.5. The first kappa shape index (κ1) is 13.5. The van der Waals surface area contributed by atoms with Crippen molar-refractivity contribution >= 4 is 5.91 Å². The van der Waals surface area contributed by atoms with Crippen molar-refractivity contribution in [2.75, 3.05) is 20.3 Å². The molecule has 1 aliphatic rings. The molecule has 4 heteroatoms. The minimum atomic E-state index is -0.225. The Labute approximate surface area is 97.4 Å². The number of hydrogen-bond donors (Lipinski definition) is 2. The smallest absolute Gasteiger partial charge is 0.220 e. The number of carbonyl (C=O) groups is 1. The maximum absolute atomic E-state index is 11.5. The molecule has 1 rings (SSSR count). The van der Waals surface area contributed by atoms with Gasteiger partial charge in [0.05, 0.1) is 6.10 Å². The highest BCUT2D eigenvalue weighted by molar-refractivity contribution is 5.76. The molecule has 1 amide bonds. The summed E-state index contributed by atoms with van der Waals surface area (Å²) in [4.78, 5) is 11.5. The van der Waals surface area contributed by atoms with Crippen LogP contribution in [0.1, 0.15) is 32.6 Å². The van der Waals surface area contributed by atoms with E-state index in [4.69, 9.17) is 4.74 Å². The summed E-state index contributed by atoms with van der Waals surface area (Å²) in [6.07, 6.45) is 3.24. The van der Waals surface area contributed by atoms with E-state index in [1.165, 1.54) is 0 Å². The normalized spacial score (nSPS) is 26.7. The topological polar surface area (TPSA) is 58.6 Å². The fraction of sp³-hybridized carbons (Fsp3) is 0.917. The van der Waals surface area contributed by atoms with Crippen LogP contribution >= 0.6 is 0 Å². The van der Waals surface area contributed by atoms with Crippen LogP contribution in [0.3, 0.4) is 0 Å². The molecule has 94 valence electrons. The van der Waals surface area contributed by atoms with E-state index in [1.807, 2.05) is 6.92 Å². The zero-order valence-electron chi connectivity index (χ0n) is 10.2. The van der Waals surface area contributed by atoms with E-state index in [9.17, 15) is 9.90 Å². The van der Waals surface area contributed by atoms with Gasteiger partial charge in [0.2, 0.25) is 5.91 Å². The molecular formula is C12H23NO3. The van der Waals surface area contributed by atoms with Gasteiger partial charge in [-0.1, -0.05) is 13.3 Å². The number of hydrogen-bond acceptors (Lipinski definition) is 3. The van der Waals surface area contributed by atoms with E-state index in [1.54, 1.807) is 7.11 Å². The van der Waals surface area contributed by atoms with Gasteiger partial charge in [-0.15, -0.1) is 0 Å². The Morgan fingerprint density at radius 1 is 1.56 bits per heavy atom. The lowest BCUT2D eigenvalue weighted by atomic mass is 10.1. The molecule has 0 radical (unpaired) electrons. The predicted octanol–water partition coefficient (Wildman–Crippen LogP) is 0.936. The largest absolute Gasteiger partial charge is 0.393 e. The van der Waals surface area contributed by atoms with Crippen molar-refractivity contribution in [3.8, 4) is 0 Å². The zero-order chi connectivity index (χ0) is 12.0. The van der Waals surface area contributed by atoms with Crippen LogP contribution in [0.2, 0.25) is 0 Å². The van der Waals surface area contributed by atoms with Crippen molar-refractivity contribution in [2.24, 2.45) is 11.8 Å². The standard InChI is InChI=1S/C12H23NO3/c1-9(8-16-2)6-12(15)13-7-10-4-3-5-11(10)14/h9-11,14H,3-8H2,1-2H3,(H,13,15). The van der Waals surface area contributed by atoms with E-state index < -0.39 is 0 Å². The van der Waals surface area contributed by atoms with Crippen LogP contribution < -0.4 is 5.32 Å². The lowest BCUT2D eigenvalue weighted by molar-refractivity contribution is -0.122. The first-order valence-corrected chi connectivity index (χ1v) is 6.07. The second kappa shape index (κ2) is 6.86. The summed E-state index contributed by atoms with van der Waals surface area (Å²) < 4.78 is 4.98. The van der Waals surface area contributed by atoms with E-state index in [0.717, 1.165) is 19.3 Å². The van der Waals surface area contributed by atoms with Gasteiger partial charge in [-0.25, -0.2) is 0 Å². The molecule has 0 heterocycles. The Bertz CT molecular complexity index is 220. The summed E-state index contributed by atoms with van der Waals surface area (Å²) in [5, 5.41) is 12.5. The fourth-order valence-corrected chi connectivity index (χ4v) is 2.23. The molecular weight excluding hydrogens is 206 g/mol. The highest BCUT2D eigenvalue weighted by Gasteiger charge is 2.25. The first-order chi connectivity index (χ1) is 7.63. The second-order valence-corrected chi connectivity index (χ2v) is 4.83. The third-order valence-corrected chi connectivity index (χ3v) is 3.17. The summed E-state index contributed by atoms with van der Waals surface area (Å²) in [6, 6.07) is 0. The van der Waals surface area contributed by atoms with Gasteiger partial charge in [-0.2, -0.15) is 0 Å². The quantitative estimate of drug-likeness (QED) is 0.712. The lowest BCUT2D eigenvalue weighted by Gasteiger charge is -2.16. The van der Waals surface area contributed by atoms with Crippen LogP contribution in [0.4, 0.5) is 0 Å². The monoisotopic (exact) mass is 229 g/mol. The predicted molar refractivity (Wildman–Crippen MR) is 62.0 cm³/mol. The van der Waals surface area contributed by atoms with Crippen LogP contribution in [0.25, 0.3) is 0 Å². The Morgan fingerprint density at radius 3 is 2.88 bits per heavy atom. The minimum Gasteiger partial charge on any atom is -0.393 e. The van der Waals surface area contributed by atoms with Crippen molar-refractivity contribution in [3.05, 3.63) is 0 Å². The molecule has 16 heavy (non-hydrogen) atoms. The van der Waals surface area contributed by atoms with Crippen LogP contribution in [0.5, 0.6) is 0 Å². The molecule has 0 aromatic carbocycles. The summed E-state index contributed by atoms with van der Waals surface area (Å²) in [7, 11) is 1.64. The van der Waals surface area contributed by atoms with Gasteiger partial charge in [-0.05, 0) is 18.8 Å². The summed E-state index contributed by atoms with van der Waals surface area (Å²) in [5.41, 5.74) is 0. The average Bonchev–Trinajstić information content (AvgIpc) is 2.61. The van der Waals surface area contributed by atoms with Crippen molar-refractivity contribution in [2.45, 2.75) is 38.7 Å². The van der Waals surface area contributed by atoms with Crippen LogP contribution in [0, 0.1) is 11.8 Å². The highest BCUT2D eigenvalue weighted by Crippen LogP contribution is 2.24. The molecule has 1 saturated carbocycles. The summed E-state index contributed by atoms with van der Waals surface area (Å²) >= 11 is 0. The maximum Gasteiger partial charge on any atom is 0.220 e. The van der Waals surface area contributed by atoms with E-state index in [2.05, 4.69) is 5.32 Å². The van der Waals surface area contributed by atoms with Gasteiger partial charge in [0, 0.05) is 32.6 Å². The average molecular weight is 229 g/mol. The van der Waals surface area contributed by atoms with Crippen molar-refractivity contribution < 1.29 is 14.6 Å². The van der Waals surface area contributed by atoms with Gasteiger partial charge >= 0.3 is 0 Å². The summed E-state index contributed by atoms with van der Waals surface area (Å²) in [5.74, 6) is 0.559. The SMILES string of the molecule is COCC(C)CC(=O)NCC1CCCC1O. The van der Waals surface area contributed by atoms with Gasteiger partial charge in [0.25, 0.3) is 0 Å². The molecule has 0 bridgehead atoms. The Morgan fingerprint density at radius 2 is 2.31 bits per heavy atom. The Hall–Kier alpha value is -0.610. The van der Waals surface area contributed by atoms with Crippen LogP contribution in [-0.4, -0.2) is 37.4 Å². The van der Waals surface area contributed by atoms with Crippen molar-refractivity contribution in [1.29, 1.82) is 0 Å². The molecule has 1 aliphatic carbocycles. The second-order valence-electron chi connectivity index (χ2n) is 4.83. The van der Waals surface area contributed by atoms with Gasteiger partial charge in [0.1, 0.15) is 0 Å². The third-order valence-electron chi connectivity index (χ3n) is 3.17. The highest BCUT2D eigenvalue weighted by atomic mass is 16.5. The van der Waals surface area contributed by atoms with E-state index in [-0.39, 0.29) is 23.8 Å². The molecule has 2 N–H and O–H groups in total. The van der Waals surface area contributed by atoms with E-state index >= 15 is 0 Å². The number of methoxy groups -OCH3 is 1. The number of ether oxygens (including phenoxy) is 1. The molecule has 1 fully saturated rings. The van der Waals surface area contributed by atoms with Gasteiger partial charge in [-0.3, -0.25) is 4.79 Å². The molecule has 4 nitrogen and oxygen atoms in total. The van der Waals surface area contributed by atoms with Crippen LogP contribution in [0.15, 0.2) is 0 Å². The van der Waals surface area contributed by atoms with Crippen LogP contribution in [-0.2, 0) is 9.53 Å². The molecule has 0 aromatic rings. The molecule has 0 spiro atoms. The van der Waals surface area contributed by atoms with E-state index in [0.29, 0.717) is 19.6 Å². The van der Waals surface area contributed by atoms with Gasteiger partial charge < -0.3 is 15.2 Å². The number of aliphatic hydroxyl groups excluding tert-OH is 1. The molecule has 0 aromatic heterocycles. The van der Waals surface area contributed by atoms with Crippen molar-refractivity contribution in [1.82, 2.24) is 5.32 Å². The third kappa shape index (κ3) is 4.49. The number of aliphatic hydroxyl groups is 1. The molecule has 3 atom stereocenters. The van der Waals surface area contributed by atoms with Gasteiger partial charge in [0.15, 0.2) is 0 Å². The number of rotatable bonds is 6. The Balaban J connectivity index is 2.14. The molecule has 0 saturated heterocycles. The summed E-state index contributed by atoms with van der Waals surface area (Å²) in [6.45, 7) is 3.21. The van der Waals surface area contributed by atoms with Crippen molar-refractivity contribution in [3.63, 3.8) is 0 Å². The Kier molecular flexibility index (Phi) is 5.77.